The zero-order chi connectivity index (χ0) is 15.4. The average Bonchev–Trinajstić information content (AvgIpc) is 2.97. The highest BCUT2D eigenvalue weighted by molar-refractivity contribution is 5.78. The van der Waals surface area contributed by atoms with E-state index in [2.05, 4.69) is 16.4 Å². The van der Waals surface area contributed by atoms with Crippen molar-refractivity contribution in [2.24, 2.45) is 0 Å². The molecule has 1 N–H and O–H groups in total. The first-order valence-corrected chi connectivity index (χ1v) is 7.23. The molecule has 2 aromatic rings. The highest BCUT2D eigenvalue weighted by atomic mass is 16.2. The molecule has 3 rings (SSSR count). The van der Waals surface area contributed by atoms with Crippen LogP contribution in [0.4, 0.5) is 0 Å². The Balaban J connectivity index is 1.71. The maximum atomic E-state index is 11.9. The SMILES string of the molecule is N#Cc1ccc(Cn2cncc2CN2CCNCC2=O)cc1. The van der Waals surface area contributed by atoms with E-state index in [4.69, 9.17) is 5.26 Å². The Morgan fingerprint density at radius 2 is 2.09 bits per heavy atom. The van der Waals surface area contributed by atoms with Crippen LogP contribution in [0.3, 0.4) is 0 Å². The molecule has 0 radical (unpaired) electrons. The van der Waals surface area contributed by atoms with Crippen molar-refractivity contribution in [3.8, 4) is 6.07 Å². The standard InChI is InChI=1S/C16H17N5O/c17-7-13-1-3-14(4-2-13)10-21-12-19-8-15(21)11-20-6-5-18-9-16(20)22/h1-4,8,12,18H,5-6,9-11H2. The number of amides is 1. The number of piperazine rings is 1. The molecule has 1 saturated heterocycles. The Bertz CT molecular complexity index is 698. The van der Waals surface area contributed by atoms with Crippen LogP contribution in [0.15, 0.2) is 36.8 Å². The summed E-state index contributed by atoms with van der Waals surface area (Å²) in [5.74, 6) is 0.123. The van der Waals surface area contributed by atoms with E-state index in [1.807, 2.05) is 33.7 Å². The van der Waals surface area contributed by atoms with Gasteiger partial charge >= 0.3 is 0 Å². The number of carbonyl (C=O) groups is 1. The van der Waals surface area contributed by atoms with Gasteiger partial charge in [0.25, 0.3) is 0 Å². The number of nitrogens with zero attached hydrogens (tertiary/aromatic N) is 4. The van der Waals surface area contributed by atoms with Gasteiger partial charge in [0, 0.05) is 25.8 Å². The Labute approximate surface area is 129 Å². The second-order valence-electron chi connectivity index (χ2n) is 5.31. The molecule has 112 valence electrons. The van der Waals surface area contributed by atoms with Gasteiger partial charge in [-0.25, -0.2) is 4.98 Å². The van der Waals surface area contributed by atoms with Crippen molar-refractivity contribution in [3.63, 3.8) is 0 Å². The zero-order valence-electron chi connectivity index (χ0n) is 12.2. The summed E-state index contributed by atoms with van der Waals surface area (Å²) >= 11 is 0. The first-order chi connectivity index (χ1) is 10.8. The fourth-order valence-electron chi connectivity index (χ4n) is 2.51. The lowest BCUT2D eigenvalue weighted by molar-refractivity contribution is -0.132. The Morgan fingerprint density at radius 3 is 2.82 bits per heavy atom. The molecule has 0 saturated carbocycles. The van der Waals surface area contributed by atoms with Crippen LogP contribution in [-0.4, -0.2) is 40.0 Å². The fourth-order valence-corrected chi connectivity index (χ4v) is 2.51. The minimum atomic E-state index is 0.123. The van der Waals surface area contributed by atoms with Crippen LogP contribution in [0.2, 0.25) is 0 Å². The Hall–Kier alpha value is -2.65. The number of imidazole rings is 1. The molecule has 6 heteroatoms. The summed E-state index contributed by atoms with van der Waals surface area (Å²) in [4.78, 5) is 17.9. The summed E-state index contributed by atoms with van der Waals surface area (Å²) in [5.41, 5.74) is 2.77. The van der Waals surface area contributed by atoms with Gasteiger partial charge in [0.1, 0.15) is 0 Å². The first kappa shape index (κ1) is 14.3. The molecule has 1 aromatic carbocycles. The van der Waals surface area contributed by atoms with Gasteiger partial charge in [-0.1, -0.05) is 12.1 Å². The topological polar surface area (TPSA) is 74.0 Å². The number of aromatic nitrogens is 2. The summed E-state index contributed by atoms with van der Waals surface area (Å²) in [6, 6.07) is 9.62. The Morgan fingerprint density at radius 1 is 1.27 bits per heavy atom. The van der Waals surface area contributed by atoms with Crippen LogP contribution in [0.25, 0.3) is 0 Å². The molecule has 22 heavy (non-hydrogen) atoms. The third kappa shape index (κ3) is 3.15. The normalized spacial score (nSPS) is 14.9. The molecule has 2 heterocycles. The lowest BCUT2D eigenvalue weighted by Crippen LogP contribution is -2.47. The van der Waals surface area contributed by atoms with E-state index < -0.39 is 0 Å². The summed E-state index contributed by atoms with van der Waals surface area (Å²) in [6.07, 6.45) is 3.58. The number of rotatable bonds is 4. The second kappa shape index (κ2) is 6.41. The molecule has 0 aliphatic carbocycles. The van der Waals surface area contributed by atoms with E-state index in [-0.39, 0.29) is 5.91 Å². The van der Waals surface area contributed by atoms with E-state index in [9.17, 15) is 4.79 Å². The summed E-state index contributed by atoms with van der Waals surface area (Å²) in [5, 5.41) is 11.9. The molecule has 0 bridgehead atoms. The predicted octanol–water partition coefficient (Wildman–Crippen LogP) is 0.735. The van der Waals surface area contributed by atoms with Gasteiger partial charge in [-0.05, 0) is 17.7 Å². The highest BCUT2D eigenvalue weighted by Gasteiger charge is 2.19. The quantitative estimate of drug-likeness (QED) is 0.902. The monoisotopic (exact) mass is 295 g/mol. The number of hydrogen-bond donors (Lipinski definition) is 1. The number of nitrogens with one attached hydrogen (secondary N) is 1. The molecular weight excluding hydrogens is 278 g/mol. The van der Waals surface area contributed by atoms with E-state index in [1.54, 1.807) is 12.5 Å². The van der Waals surface area contributed by atoms with Crippen molar-refractivity contribution in [2.45, 2.75) is 13.1 Å². The lowest BCUT2D eigenvalue weighted by Gasteiger charge is -2.27. The third-order valence-corrected chi connectivity index (χ3v) is 3.77. The maximum Gasteiger partial charge on any atom is 0.236 e. The van der Waals surface area contributed by atoms with Gasteiger partial charge < -0.3 is 14.8 Å². The first-order valence-electron chi connectivity index (χ1n) is 7.23. The maximum absolute atomic E-state index is 11.9. The molecule has 1 aliphatic heterocycles. The smallest absolute Gasteiger partial charge is 0.236 e. The number of benzene rings is 1. The molecule has 6 nitrogen and oxygen atoms in total. The van der Waals surface area contributed by atoms with Gasteiger partial charge in [0.2, 0.25) is 5.91 Å². The van der Waals surface area contributed by atoms with Crippen LogP contribution in [0.5, 0.6) is 0 Å². The van der Waals surface area contributed by atoms with Crippen LogP contribution >= 0.6 is 0 Å². The third-order valence-electron chi connectivity index (χ3n) is 3.77. The van der Waals surface area contributed by atoms with Crippen LogP contribution in [0.1, 0.15) is 16.8 Å². The van der Waals surface area contributed by atoms with Gasteiger partial charge in [0.15, 0.2) is 0 Å². The van der Waals surface area contributed by atoms with Crippen molar-refractivity contribution in [1.82, 2.24) is 19.8 Å². The van der Waals surface area contributed by atoms with Gasteiger partial charge in [0.05, 0.1) is 36.7 Å². The van der Waals surface area contributed by atoms with E-state index in [0.29, 0.717) is 25.2 Å². The van der Waals surface area contributed by atoms with Crippen LogP contribution in [0, 0.1) is 11.3 Å². The summed E-state index contributed by atoms with van der Waals surface area (Å²) in [6.45, 7) is 3.22. The minimum Gasteiger partial charge on any atom is -0.334 e. The highest BCUT2D eigenvalue weighted by Crippen LogP contribution is 2.11. The predicted molar refractivity (Wildman–Crippen MR) is 80.8 cm³/mol. The molecule has 1 amide bonds. The molecule has 1 aromatic heterocycles. The average molecular weight is 295 g/mol. The van der Waals surface area contributed by atoms with Gasteiger partial charge in [-0.2, -0.15) is 5.26 Å². The lowest BCUT2D eigenvalue weighted by atomic mass is 10.1. The largest absolute Gasteiger partial charge is 0.334 e. The fraction of sp³-hybridized carbons (Fsp3) is 0.312. The van der Waals surface area contributed by atoms with E-state index >= 15 is 0 Å². The molecule has 0 atom stereocenters. The second-order valence-corrected chi connectivity index (χ2v) is 5.31. The van der Waals surface area contributed by atoms with Crippen LogP contribution < -0.4 is 5.32 Å². The molecule has 1 fully saturated rings. The van der Waals surface area contributed by atoms with Gasteiger partial charge in [-0.15, -0.1) is 0 Å². The van der Waals surface area contributed by atoms with Gasteiger partial charge in [-0.3, -0.25) is 4.79 Å². The van der Waals surface area contributed by atoms with Crippen molar-refractivity contribution >= 4 is 5.91 Å². The molecule has 0 spiro atoms. The molecule has 0 unspecified atom stereocenters. The van der Waals surface area contributed by atoms with Crippen molar-refractivity contribution < 1.29 is 4.79 Å². The molecule has 1 aliphatic rings. The van der Waals surface area contributed by atoms with Crippen LogP contribution in [-0.2, 0) is 17.9 Å². The summed E-state index contributed by atoms with van der Waals surface area (Å²) < 4.78 is 2.04. The Kier molecular flexibility index (Phi) is 4.17. The van der Waals surface area contributed by atoms with Crippen molar-refractivity contribution in [1.29, 1.82) is 5.26 Å². The van der Waals surface area contributed by atoms with E-state index in [1.165, 1.54) is 0 Å². The zero-order valence-corrected chi connectivity index (χ0v) is 12.2. The van der Waals surface area contributed by atoms with Crippen molar-refractivity contribution in [2.75, 3.05) is 19.6 Å². The summed E-state index contributed by atoms with van der Waals surface area (Å²) in [7, 11) is 0. The number of carbonyl (C=O) groups excluding carboxylic acids is 1. The van der Waals surface area contributed by atoms with E-state index in [0.717, 1.165) is 24.3 Å². The number of hydrogen-bond acceptors (Lipinski definition) is 4. The number of nitriles is 1. The van der Waals surface area contributed by atoms with Crippen molar-refractivity contribution in [3.05, 3.63) is 53.6 Å². The minimum absolute atomic E-state index is 0.123. The molecular formula is C16H17N5O.